The molecule has 1 aliphatic rings. The third kappa shape index (κ3) is 5.78. The normalized spacial score (nSPS) is 14.6. The van der Waals surface area contributed by atoms with E-state index in [1.807, 2.05) is 0 Å². The van der Waals surface area contributed by atoms with Gasteiger partial charge in [-0.1, -0.05) is 18.2 Å². The summed E-state index contributed by atoms with van der Waals surface area (Å²) in [6.07, 6.45) is -0.311. The lowest BCUT2D eigenvalue weighted by molar-refractivity contribution is -0.141. The summed E-state index contributed by atoms with van der Waals surface area (Å²) in [6, 6.07) is 13.7. The lowest BCUT2D eigenvalue weighted by Crippen LogP contribution is -2.41. The highest BCUT2D eigenvalue weighted by atomic mass is 19.4. The molecule has 1 aliphatic heterocycles. The van der Waals surface area contributed by atoms with Crippen LogP contribution in [-0.4, -0.2) is 45.8 Å². The van der Waals surface area contributed by atoms with Gasteiger partial charge in [0.25, 0.3) is 5.91 Å². The summed E-state index contributed by atoms with van der Waals surface area (Å²) in [5.74, 6) is 0.0000661. The van der Waals surface area contributed by atoms with Crippen molar-refractivity contribution < 1.29 is 27.5 Å². The number of piperidine rings is 1. The molecule has 1 fully saturated rings. The van der Waals surface area contributed by atoms with Crippen LogP contribution in [0.5, 0.6) is 5.75 Å². The molecule has 0 N–H and O–H groups in total. The Morgan fingerprint density at radius 3 is 2.50 bits per heavy atom. The number of likely N-dealkylation sites (tertiary alicyclic amines) is 1. The SMILES string of the molecule is O=C(Cc1cccc(OC2CCN(C(=O)c3cccnc3)CC2)c1)c1cccc(C(F)(F)F)n1. The minimum atomic E-state index is -4.61. The van der Waals surface area contributed by atoms with Gasteiger partial charge >= 0.3 is 6.18 Å². The molecule has 1 saturated heterocycles. The summed E-state index contributed by atoms with van der Waals surface area (Å²) in [7, 11) is 0. The Hall–Kier alpha value is -3.75. The van der Waals surface area contributed by atoms with E-state index in [0.29, 0.717) is 42.8 Å². The molecule has 0 unspecified atom stereocenters. The summed E-state index contributed by atoms with van der Waals surface area (Å²) in [6.45, 7) is 1.11. The summed E-state index contributed by atoms with van der Waals surface area (Å²) >= 11 is 0. The van der Waals surface area contributed by atoms with E-state index < -0.39 is 17.7 Å². The van der Waals surface area contributed by atoms with Crippen molar-refractivity contribution in [2.24, 2.45) is 0 Å². The fourth-order valence-corrected chi connectivity index (χ4v) is 3.79. The van der Waals surface area contributed by atoms with E-state index in [0.717, 1.165) is 6.07 Å². The van der Waals surface area contributed by atoms with Crippen LogP contribution >= 0.6 is 0 Å². The Morgan fingerprint density at radius 2 is 1.79 bits per heavy atom. The highest BCUT2D eigenvalue weighted by Gasteiger charge is 2.33. The van der Waals surface area contributed by atoms with E-state index >= 15 is 0 Å². The minimum Gasteiger partial charge on any atom is -0.490 e. The monoisotopic (exact) mass is 469 g/mol. The van der Waals surface area contributed by atoms with E-state index in [1.165, 1.54) is 12.1 Å². The number of halogens is 3. The molecule has 0 aliphatic carbocycles. The van der Waals surface area contributed by atoms with E-state index in [1.54, 1.807) is 53.7 Å². The van der Waals surface area contributed by atoms with E-state index in [9.17, 15) is 22.8 Å². The van der Waals surface area contributed by atoms with Crippen molar-refractivity contribution >= 4 is 11.7 Å². The molecule has 0 radical (unpaired) electrons. The van der Waals surface area contributed by atoms with Gasteiger partial charge in [-0.05, 0) is 42.0 Å². The fraction of sp³-hybridized carbons (Fsp3) is 0.280. The number of carbonyl (C=O) groups excluding carboxylic acids is 2. The number of hydrogen-bond donors (Lipinski definition) is 0. The predicted molar refractivity (Wildman–Crippen MR) is 118 cm³/mol. The molecule has 0 atom stereocenters. The first-order valence-corrected chi connectivity index (χ1v) is 10.8. The maximum Gasteiger partial charge on any atom is 0.433 e. The number of rotatable bonds is 6. The van der Waals surface area contributed by atoms with Crippen LogP contribution in [0, 0.1) is 0 Å². The quantitative estimate of drug-likeness (QED) is 0.494. The molecule has 3 heterocycles. The van der Waals surface area contributed by atoms with Crippen molar-refractivity contribution in [3.8, 4) is 5.75 Å². The highest BCUT2D eigenvalue weighted by molar-refractivity contribution is 5.96. The Bertz CT molecular complexity index is 1160. The summed E-state index contributed by atoms with van der Waals surface area (Å²) in [5.41, 5.74) is -0.156. The van der Waals surface area contributed by atoms with Crippen molar-refractivity contribution in [1.82, 2.24) is 14.9 Å². The molecule has 34 heavy (non-hydrogen) atoms. The molecular formula is C25H22F3N3O3. The highest BCUT2D eigenvalue weighted by Crippen LogP contribution is 2.28. The Morgan fingerprint density at radius 1 is 1.03 bits per heavy atom. The number of ether oxygens (including phenoxy) is 1. The van der Waals surface area contributed by atoms with E-state index in [-0.39, 0.29) is 24.1 Å². The zero-order chi connectivity index (χ0) is 24.1. The maximum atomic E-state index is 12.9. The van der Waals surface area contributed by atoms with Crippen molar-refractivity contribution in [2.75, 3.05) is 13.1 Å². The van der Waals surface area contributed by atoms with Crippen molar-refractivity contribution in [3.63, 3.8) is 0 Å². The fourth-order valence-electron chi connectivity index (χ4n) is 3.79. The van der Waals surface area contributed by atoms with E-state index in [4.69, 9.17) is 4.74 Å². The molecule has 0 saturated carbocycles. The molecule has 9 heteroatoms. The zero-order valence-electron chi connectivity index (χ0n) is 18.2. The number of amides is 1. The molecule has 3 aromatic rings. The van der Waals surface area contributed by atoms with Gasteiger partial charge < -0.3 is 9.64 Å². The van der Waals surface area contributed by atoms with Gasteiger partial charge in [0.1, 0.15) is 23.2 Å². The second-order valence-corrected chi connectivity index (χ2v) is 8.00. The Kier molecular flexibility index (Phi) is 6.90. The third-order valence-corrected chi connectivity index (χ3v) is 5.53. The molecule has 1 amide bonds. The first kappa shape index (κ1) is 23.4. The maximum absolute atomic E-state index is 12.9. The second-order valence-electron chi connectivity index (χ2n) is 8.00. The van der Waals surface area contributed by atoms with Crippen LogP contribution in [0.1, 0.15) is 44.9 Å². The van der Waals surface area contributed by atoms with Crippen molar-refractivity contribution in [2.45, 2.75) is 31.5 Å². The minimum absolute atomic E-state index is 0.0599. The van der Waals surface area contributed by atoms with Crippen LogP contribution in [0.2, 0.25) is 0 Å². The lowest BCUT2D eigenvalue weighted by atomic mass is 10.0. The zero-order valence-corrected chi connectivity index (χ0v) is 18.2. The Labute approximate surface area is 194 Å². The molecule has 6 nitrogen and oxygen atoms in total. The lowest BCUT2D eigenvalue weighted by Gasteiger charge is -2.32. The van der Waals surface area contributed by atoms with Gasteiger partial charge in [-0.2, -0.15) is 13.2 Å². The topological polar surface area (TPSA) is 72.4 Å². The smallest absolute Gasteiger partial charge is 0.433 e. The van der Waals surface area contributed by atoms with Gasteiger partial charge in [0.05, 0.1) is 5.56 Å². The van der Waals surface area contributed by atoms with Crippen molar-refractivity contribution in [1.29, 1.82) is 0 Å². The average Bonchev–Trinajstić information content (AvgIpc) is 2.84. The first-order valence-electron chi connectivity index (χ1n) is 10.8. The molecule has 4 rings (SSSR count). The van der Waals surface area contributed by atoms with Gasteiger partial charge in [0.15, 0.2) is 5.78 Å². The van der Waals surface area contributed by atoms with Gasteiger partial charge in [-0.15, -0.1) is 0 Å². The van der Waals surface area contributed by atoms with Gasteiger partial charge in [0, 0.05) is 44.7 Å². The molecule has 2 aromatic heterocycles. The van der Waals surface area contributed by atoms with E-state index in [2.05, 4.69) is 9.97 Å². The summed E-state index contributed by atoms with van der Waals surface area (Å²) in [4.78, 5) is 34.3. The number of nitrogens with zero attached hydrogens (tertiary/aromatic N) is 3. The standard InChI is InChI=1S/C25H22F3N3O3/c26-25(27,28)23-8-2-7-21(30-23)22(32)15-17-4-1-6-20(14-17)34-19-9-12-31(13-10-19)24(33)18-5-3-11-29-16-18/h1-8,11,14,16,19H,9-10,12-13,15H2. The number of aromatic nitrogens is 2. The van der Waals surface area contributed by atoms with Crippen molar-refractivity contribution in [3.05, 3.63) is 89.5 Å². The van der Waals surface area contributed by atoms with Crippen LogP contribution in [0.3, 0.4) is 0 Å². The predicted octanol–water partition coefficient (Wildman–Crippen LogP) is 4.60. The van der Waals surface area contributed by atoms with Crippen LogP contribution < -0.4 is 4.74 Å². The van der Waals surface area contributed by atoms with Gasteiger partial charge in [-0.3, -0.25) is 14.6 Å². The Balaban J connectivity index is 1.34. The molecule has 0 bridgehead atoms. The first-order chi connectivity index (χ1) is 16.3. The third-order valence-electron chi connectivity index (χ3n) is 5.53. The van der Waals surface area contributed by atoms with Gasteiger partial charge in [-0.25, -0.2) is 4.98 Å². The molecule has 0 spiro atoms. The van der Waals surface area contributed by atoms with Crippen LogP contribution in [0.15, 0.2) is 67.0 Å². The number of pyridine rings is 2. The average molecular weight is 469 g/mol. The summed E-state index contributed by atoms with van der Waals surface area (Å²) < 4.78 is 44.7. The number of alkyl halides is 3. The molecular weight excluding hydrogens is 447 g/mol. The largest absolute Gasteiger partial charge is 0.490 e. The van der Waals surface area contributed by atoms with Crippen LogP contribution in [-0.2, 0) is 12.6 Å². The number of carbonyl (C=O) groups is 2. The van der Waals surface area contributed by atoms with Gasteiger partial charge in [0.2, 0.25) is 0 Å². The number of ketones is 1. The number of benzene rings is 1. The molecule has 176 valence electrons. The van der Waals surface area contributed by atoms with Crippen LogP contribution in [0.4, 0.5) is 13.2 Å². The molecule has 1 aromatic carbocycles. The summed E-state index contributed by atoms with van der Waals surface area (Å²) in [5, 5.41) is 0. The number of Topliss-reactive ketones (excluding diaryl/α,β-unsaturated/α-hetero) is 1. The second kappa shape index (κ2) is 10.0. The number of hydrogen-bond acceptors (Lipinski definition) is 5. The van der Waals surface area contributed by atoms with Crippen LogP contribution in [0.25, 0.3) is 0 Å².